The van der Waals surface area contributed by atoms with Gasteiger partial charge in [-0.15, -0.1) is 11.3 Å². The molecule has 160 valence electrons. The van der Waals surface area contributed by atoms with Crippen LogP contribution in [0.3, 0.4) is 0 Å². The van der Waals surface area contributed by atoms with E-state index in [0.717, 1.165) is 16.1 Å². The van der Waals surface area contributed by atoms with Crippen molar-refractivity contribution in [2.75, 3.05) is 39.4 Å². The number of carbonyl (C=O) groups excluding carboxylic acids is 2. The number of morpholine rings is 1. The SMILES string of the molecule is Cc1cccnc1C(NC(=O)C1CCN(C(=O)N2CCOCC2)CC1)c1cccs1. The number of carbonyl (C=O) groups is 2. The highest BCUT2D eigenvalue weighted by molar-refractivity contribution is 7.10. The lowest BCUT2D eigenvalue weighted by Crippen LogP contribution is -2.51. The number of pyridine rings is 1. The maximum Gasteiger partial charge on any atom is 0.320 e. The fraction of sp³-hybridized carbons (Fsp3) is 0.500. The average molecular weight is 429 g/mol. The van der Waals surface area contributed by atoms with E-state index in [1.54, 1.807) is 17.5 Å². The molecule has 0 radical (unpaired) electrons. The van der Waals surface area contributed by atoms with Crippen LogP contribution >= 0.6 is 11.3 Å². The molecule has 1 N–H and O–H groups in total. The first kappa shape index (κ1) is 20.8. The summed E-state index contributed by atoms with van der Waals surface area (Å²) < 4.78 is 5.33. The molecule has 4 rings (SSSR count). The number of ether oxygens (including phenoxy) is 1. The lowest BCUT2D eigenvalue weighted by atomic mass is 9.95. The molecule has 0 aromatic carbocycles. The maximum absolute atomic E-state index is 13.1. The van der Waals surface area contributed by atoms with E-state index in [2.05, 4.69) is 10.3 Å². The molecule has 0 saturated carbocycles. The summed E-state index contributed by atoms with van der Waals surface area (Å²) in [4.78, 5) is 35.1. The van der Waals surface area contributed by atoms with E-state index < -0.39 is 0 Å². The summed E-state index contributed by atoms with van der Waals surface area (Å²) >= 11 is 1.62. The van der Waals surface area contributed by atoms with Crippen molar-refractivity contribution in [1.82, 2.24) is 20.1 Å². The monoisotopic (exact) mass is 428 g/mol. The fourth-order valence-corrected chi connectivity index (χ4v) is 4.86. The van der Waals surface area contributed by atoms with Crippen LogP contribution in [0.4, 0.5) is 4.79 Å². The standard InChI is InChI=1S/C22H28N4O3S/c1-16-4-2-8-23-19(16)20(18-5-3-15-30-18)24-21(27)17-6-9-25(10-7-17)22(28)26-11-13-29-14-12-26/h2-5,8,15,17,20H,6-7,9-14H2,1H3,(H,24,27). The van der Waals surface area contributed by atoms with Crippen molar-refractivity contribution in [1.29, 1.82) is 0 Å². The number of aryl methyl sites for hydroxylation is 1. The van der Waals surface area contributed by atoms with Gasteiger partial charge >= 0.3 is 6.03 Å². The molecule has 1 atom stereocenters. The van der Waals surface area contributed by atoms with Crippen LogP contribution in [-0.2, 0) is 9.53 Å². The van der Waals surface area contributed by atoms with Crippen molar-refractivity contribution in [2.24, 2.45) is 5.92 Å². The zero-order valence-corrected chi connectivity index (χ0v) is 18.1. The molecule has 30 heavy (non-hydrogen) atoms. The number of nitrogens with one attached hydrogen (secondary N) is 1. The quantitative estimate of drug-likeness (QED) is 0.813. The van der Waals surface area contributed by atoms with Crippen LogP contribution < -0.4 is 5.32 Å². The minimum atomic E-state index is -0.244. The number of nitrogens with zero attached hydrogens (tertiary/aromatic N) is 3. The molecule has 8 heteroatoms. The van der Waals surface area contributed by atoms with E-state index >= 15 is 0 Å². The van der Waals surface area contributed by atoms with Gasteiger partial charge in [0.1, 0.15) is 6.04 Å². The minimum Gasteiger partial charge on any atom is -0.378 e. The van der Waals surface area contributed by atoms with Crippen molar-refractivity contribution >= 4 is 23.3 Å². The van der Waals surface area contributed by atoms with Gasteiger partial charge in [-0.3, -0.25) is 9.78 Å². The number of urea groups is 1. The number of hydrogen-bond donors (Lipinski definition) is 1. The number of rotatable bonds is 4. The van der Waals surface area contributed by atoms with Crippen molar-refractivity contribution < 1.29 is 14.3 Å². The maximum atomic E-state index is 13.1. The summed E-state index contributed by atoms with van der Waals surface area (Å²) in [5, 5.41) is 5.25. The number of hydrogen-bond acceptors (Lipinski definition) is 5. The molecule has 2 aliphatic heterocycles. The molecule has 0 spiro atoms. The highest BCUT2D eigenvalue weighted by atomic mass is 32.1. The minimum absolute atomic E-state index is 0.0388. The predicted molar refractivity (Wildman–Crippen MR) is 115 cm³/mol. The van der Waals surface area contributed by atoms with E-state index in [1.807, 2.05) is 46.4 Å². The zero-order chi connectivity index (χ0) is 20.9. The molecule has 0 bridgehead atoms. The van der Waals surface area contributed by atoms with Crippen LogP contribution in [0.2, 0.25) is 0 Å². The van der Waals surface area contributed by atoms with Crippen molar-refractivity contribution in [3.63, 3.8) is 0 Å². The summed E-state index contributed by atoms with van der Waals surface area (Å²) in [5.41, 5.74) is 1.94. The summed E-state index contributed by atoms with van der Waals surface area (Å²) in [7, 11) is 0. The number of aromatic nitrogens is 1. The Balaban J connectivity index is 1.38. The average Bonchev–Trinajstić information content (AvgIpc) is 3.33. The summed E-state index contributed by atoms with van der Waals surface area (Å²) in [5.74, 6) is -0.0536. The lowest BCUT2D eigenvalue weighted by molar-refractivity contribution is -0.126. The van der Waals surface area contributed by atoms with Gasteiger partial charge in [0.2, 0.25) is 5.91 Å². The third-order valence-corrected chi connectivity index (χ3v) is 6.79. The molecule has 2 aromatic rings. The smallest absolute Gasteiger partial charge is 0.320 e. The van der Waals surface area contributed by atoms with E-state index in [9.17, 15) is 9.59 Å². The summed E-state index contributed by atoms with van der Waals surface area (Å²) in [6.45, 7) is 5.73. The second-order valence-electron chi connectivity index (χ2n) is 7.81. The Hall–Kier alpha value is -2.45. The summed E-state index contributed by atoms with van der Waals surface area (Å²) in [6.07, 6.45) is 3.13. The van der Waals surface area contributed by atoms with Crippen molar-refractivity contribution in [2.45, 2.75) is 25.8 Å². The molecule has 2 aromatic heterocycles. The Bertz CT molecular complexity index is 859. The third-order valence-electron chi connectivity index (χ3n) is 5.86. The van der Waals surface area contributed by atoms with Crippen LogP contribution in [0.1, 0.15) is 35.0 Å². The van der Waals surface area contributed by atoms with Crippen LogP contribution in [0.25, 0.3) is 0 Å². The summed E-state index contributed by atoms with van der Waals surface area (Å²) in [6, 6.07) is 7.78. The van der Waals surface area contributed by atoms with E-state index in [-0.39, 0.29) is 23.9 Å². The Morgan fingerprint density at radius 3 is 2.53 bits per heavy atom. The second-order valence-corrected chi connectivity index (χ2v) is 8.79. The van der Waals surface area contributed by atoms with Crippen LogP contribution in [-0.4, -0.2) is 66.1 Å². The molecule has 3 amide bonds. The first-order valence-corrected chi connectivity index (χ1v) is 11.4. The van der Waals surface area contributed by atoms with Gasteiger partial charge in [-0.05, 0) is 42.8 Å². The lowest BCUT2D eigenvalue weighted by Gasteiger charge is -2.37. The third kappa shape index (κ3) is 4.65. The van der Waals surface area contributed by atoms with Gasteiger partial charge in [0.05, 0.1) is 18.9 Å². The molecule has 2 aliphatic rings. The Morgan fingerprint density at radius 2 is 1.87 bits per heavy atom. The Morgan fingerprint density at radius 1 is 1.13 bits per heavy atom. The van der Waals surface area contributed by atoms with Gasteiger partial charge in [0.15, 0.2) is 0 Å². The van der Waals surface area contributed by atoms with E-state index in [1.165, 1.54) is 0 Å². The van der Waals surface area contributed by atoms with Crippen LogP contribution in [0, 0.1) is 12.8 Å². The highest BCUT2D eigenvalue weighted by Gasteiger charge is 2.32. The second kappa shape index (κ2) is 9.57. The molecule has 1 unspecified atom stereocenters. The van der Waals surface area contributed by atoms with Gasteiger partial charge in [-0.1, -0.05) is 12.1 Å². The molecule has 0 aliphatic carbocycles. The first-order valence-electron chi connectivity index (χ1n) is 10.5. The van der Waals surface area contributed by atoms with Gasteiger partial charge < -0.3 is 19.9 Å². The van der Waals surface area contributed by atoms with Gasteiger partial charge in [0.25, 0.3) is 0 Å². The normalized spacial score (nSPS) is 18.8. The van der Waals surface area contributed by atoms with Crippen molar-refractivity contribution in [3.05, 3.63) is 52.0 Å². The Labute approximate surface area is 181 Å². The fourth-order valence-electron chi connectivity index (χ4n) is 4.08. The molecule has 2 fully saturated rings. The predicted octanol–water partition coefficient (Wildman–Crippen LogP) is 2.82. The molecular formula is C22H28N4O3S. The van der Waals surface area contributed by atoms with Gasteiger partial charge in [-0.25, -0.2) is 4.79 Å². The Kier molecular flexibility index (Phi) is 6.64. The topological polar surface area (TPSA) is 74.8 Å². The highest BCUT2D eigenvalue weighted by Crippen LogP contribution is 2.28. The van der Waals surface area contributed by atoms with Gasteiger partial charge in [0, 0.05) is 43.2 Å². The van der Waals surface area contributed by atoms with Crippen LogP contribution in [0.15, 0.2) is 35.8 Å². The first-order chi connectivity index (χ1) is 14.6. The number of piperidine rings is 1. The molecule has 2 saturated heterocycles. The molecular weight excluding hydrogens is 400 g/mol. The number of amides is 3. The van der Waals surface area contributed by atoms with Crippen molar-refractivity contribution in [3.8, 4) is 0 Å². The number of thiophene rings is 1. The van der Waals surface area contributed by atoms with E-state index in [0.29, 0.717) is 52.2 Å². The largest absolute Gasteiger partial charge is 0.378 e. The molecule has 7 nitrogen and oxygen atoms in total. The van der Waals surface area contributed by atoms with Crippen LogP contribution in [0.5, 0.6) is 0 Å². The van der Waals surface area contributed by atoms with Gasteiger partial charge in [-0.2, -0.15) is 0 Å². The molecule has 4 heterocycles. The number of likely N-dealkylation sites (tertiary alicyclic amines) is 1. The zero-order valence-electron chi connectivity index (χ0n) is 17.3. The van der Waals surface area contributed by atoms with E-state index in [4.69, 9.17) is 4.74 Å².